The SMILES string of the molecule is Cc1nc(-c2ccccc2Cl)sc1CNC(=O)c1ccccc1F. The Balaban J connectivity index is 1.76. The molecule has 2 aromatic carbocycles. The van der Waals surface area contributed by atoms with E-state index >= 15 is 0 Å². The topological polar surface area (TPSA) is 42.0 Å². The molecule has 1 N–H and O–H groups in total. The van der Waals surface area contributed by atoms with Crippen LogP contribution in [0.2, 0.25) is 5.02 Å². The van der Waals surface area contributed by atoms with Crippen molar-refractivity contribution in [3.8, 4) is 10.6 Å². The highest BCUT2D eigenvalue weighted by Crippen LogP contribution is 2.32. The first kappa shape index (κ1) is 16.6. The highest BCUT2D eigenvalue weighted by atomic mass is 35.5. The monoisotopic (exact) mass is 360 g/mol. The van der Waals surface area contributed by atoms with Crippen LogP contribution in [-0.2, 0) is 6.54 Å². The minimum absolute atomic E-state index is 0.0333. The van der Waals surface area contributed by atoms with Crippen LogP contribution in [0, 0.1) is 12.7 Å². The molecule has 3 rings (SSSR count). The van der Waals surface area contributed by atoms with E-state index in [9.17, 15) is 9.18 Å². The van der Waals surface area contributed by atoms with Gasteiger partial charge in [-0.2, -0.15) is 0 Å². The van der Waals surface area contributed by atoms with Gasteiger partial charge in [-0.15, -0.1) is 11.3 Å². The Hall–Kier alpha value is -2.24. The van der Waals surface area contributed by atoms with Gasteiger partial charge < -0.3 is 5.32 Å². The molecule has 3 nitrogen and oxygen atoms in total. The normalized spacial score (nSPS) is 10.6. The Morgan fingerprint density at radius 3 is 2.67 bits per heavy atom. The molecule has 0 fully saturated rings. The second-order valence-electron chi connectivity index (χ2n) is 5.17. The average Bonchev–Trinajstić information content (AvgIpc) is 2.94. The fourth-order valence-corrected chi connectivity index (χ4v) is 3.57. The Morgan fingerprint density at radius 1 is 1.21 bits per heavy atom. The number of benzene rings is 2. The third-order valence-electron chi connectivity index (χ3n) is 3.52. The van der Waals surface area contributed by atoms with E-state index < -0.39 is 11.7 Å². The van der Waals surface area contributed by atoms with Gasteiger partial charge in [0.05, 0.1) is 22.8 Å². The number of amides is 1. The lowest BCUT2D eigenvalue weighted by Crippen LogP contribution is -2.23. The first-order valence-corrected chi connectivity index (χ1v) is 8.49. The van der Waals surface area contributed by atoms with E-state index in [0.29, 0.717) is 11.6 Å². The third-order valence-corrected chi connectivity index (χ3v) is 5.05. The summed E-state index contributed by atoms with van der Waals surface area (Å²) < 4.78 is 13.6. The van der Waals surface area contributed by atoms with Crippen molar-refractivity contribution in [3.05, 3.63) is 75.5 Å². The zero-order valence-corrected chi connectivity index (χ0v) is 14.4. The maximum atomic E-state index is 13.6. The number of carbonyl (C=O) groups excluding carboxylic acids is 1. The molecule has 122 valence electrons. The van der Waals surface area contributed by atoms with Crippen molar-refractivity contribution in [1.82, 2.24) is 10.3 Å². The summed E-state index contributed by atoms with van der Waals surface area (Å²) in [5.74, 6) is -0.979. The highest BCUT2D eigenvalue weighted by molar-refractivity contribution is 7.15. The minimum Gasteiger partial charge on any atom is -0.347 e. The average molecular weight is 361 g/mol. The zero-order valence-electron chi connectivity index (χ0n) is 12.8. The smallest absolute Gasteiger partial charge is 0.254 e. The molecular weight excluding hydrogens is 347 g/mol. The summed E-state index contributed by atoms with van der Waals surface area (Å²) in [6.07, 6.45) is 0. The standard InChI is InChI=1S/C18H14ClFN2OS/c1-11-16(10-21-17(23)13-7-3-5-9-15(13)20)24-18(22-11)12-6-2-4-8-14(12)19/h2-9H,10H2,1H3,(H,21,23). The summed E-state index contributed by atoms with van der Waals surface area (Å²) in [5, 5.41) is 4.17. The maximum absolute atomic E-state index is 13.6. The van der Waals surface area contributed by atoms with Gasteiger partial charge in [-0.25, -0.2) is 9.37 Å². The van der Waals surface area contributed by atoms with Crippen LogP contribution in [-0.4, -0.2) is 10.9 Å². The van der Waals surface area contributed by atoms with Gasteiger partial charge in [0.2, 0.25) is 0 Å². The van der Waals surface area contributed by atoms with Gasteiger partial charge in [0, 0.05) is 10.4 Å². The number of hydrogen-bond acceptors (Lipinski definition) is 3. The van der Waals surface area contributed by atoms with Gasteiger partial charge in [-0.1, -0.05) is 41.9 Å². The second-order valence-corrected chi connectivity index (χ2v) is 6.66. The number of rotatable bonds is 4. The van der Waals surface area contributed by atoms with Gasteiger partial charge in [-0.3, -0.25) is 4.79 Å². The van der Waals surface area contributed by atoms with Crippen LogP contribution in [0.3, 0.4) is 0 Å². The molecule has 0 aliphatic carbocycles. The quantitative estimate of drug-likeness (QED) is 0.723. The van der Waals surface area contributed by atoms with Crippen molar-refractivity contribution in [2.75, 3.05) is 0 Å². The van der Waals surface area contributed by atoms with Gasteiger partial charge >= 0.3 is 0 Å². The Bertz CT molecular complexity index is 894. The number of aromatic nitrogens is 1. The van der Waals surface area contributed by atoms with Crippen LogP contribution < -0.4 is 5.32 Å². The molecule has 1 aromatic heterocycles. The van der Waals surface area contributed by atoms with Gasteiger partial charge in [0.15, 0.2) is 0 Å². The largest absolute Gasteiger partial charge is 0.347 e. The van der Waals surface area contributed by atoms with Crippen LogP contribution in [0.1, 0.15) is 20.9 Å². The van der Waals surface area contributed by atoms with Gasteiger partial charge in [0.25, 0.3) is 5.91 Å². The lowest BCUT2D eigenvalue weighted by Gasteiger charge is -2.05. The predicted octanol–water partition coefficient (Wildman–Crippen LogP) is 4.84. The summed E-state index contributed by atoms with van der Waals surface area (Å²) >= 11 is 7.66. The number of aryl methyl sites for hydroxylation is 1. The van der Waals surface area contributed by atoms with Crippen LogP contribution >= 0.6 is 22.9 Å². The summed E-state index contributed by atoms with van der Waals surface area (Å²) in [7, 11) is 0. The van der Waals surface area contributed by atoms with E-state index in [0.717, 1.165) is 21.1 Å². The Kier molecular flexibility index (Phi) is 4.92. The summed E-state index contributed by atoms with van der Waals surface area (Å²) in [4.78, 5) is 17.5. The van der Waals surface area contributed by atoms with Crippen LogP contribution in [0.25, 0.3) is 10.6 Å². The lowest BCUT2D eigenvalue weighted by molar-refractivity contribution is 0.0947. The summed E-state index contributed by atoms with van der Waals surface area (Å²) in [5.41, 5.74) is 1.72. The molecule has 0 saturated heterocycles. The van der Waals surface area contributed by atoms with Crippen molar-refractivity contribution in [3.63, 3.8) is 0 Å². The van der Waals surface area contributed by atoms with Crippen molar-refractivity contribution in [2.45, 2.75) is 13.5 Å². The Morgan fingerprint density at radius 2 is 1.92 bits per heavy atom. The zero-order chi connectivity index (χ0) is 17.1. The molecule has 0 saturated carbocycles. The number of hydrogen-bond donors (Lipinski definition) is 1. The maximum Gasteiger partial charge on any atom is 0.254 e. The molecule has 0 aliphatic heterocycles. The molecule has 0 bridgehead atoms. The lowest BCUT2D eigenvalue weighted by atomic mass is 10.2. The van der Waals surface area contributed by atoms with E-state index in [-0.39, 0.29) is 5.56 Å². The molecule has 6 heteroatoms. The molecule has 24 heavy (non-hydrogen) atoms. The summed E-state index contributed by atoms with van der Waals surface area (Å²) in [6.45, 7) is 2.17. The first-order valence-electron chi connectivity index (χ1n) is 7.30. The molecule has 0 unspecified atom stereocenters. The van der Waals surface area contributed by atoms with Crippen LogP contribution in [0.5, 0.6) is 0 Å². The molecule has 1 amide bonds. The molecule has 3 aromatic rings. The van der Waals surface area contributed by atoms with E-state index in [1.807, 2.05) is 31.2 Å². The Labute approximate surface area is 148 Å². The molecule has 1 heterocycles. The van der Waals surface area contributed by atoms with E-state index in [1.165, 1.54) is 23.5 Å². The van der Waals surface area contributed by atoms with Crippen molar-refractivity contribution in [1.29, 1.82) is 0 Å². The van der Waals surface area contributed by atoms with Crippen LogP contribution in [0.15, 0.2) is 48.5 Å². The highest BCUT2D eigenvalue weighted by Gasteiger charge is 2.14. The van der Waals surface area contributed by atoms with E-state index in [4.69, 9.17) is 11.6 Å². The number of thiazole rings is 1. The predicted molar refractivity (Wildman–Crippen MR) is 94.9 cm³/mol. The number of halogens is 2. The second kappa shape index (κ2) is 7.11. The molecule has 0 radical (unpaired) electrons. The first-order chi connectivity index (χ1) is 11.6. The van der Waals surface area contributed by atoms with Gasteiger partial charge in [0.1, 0.15) is 10.8 Å². The van der Waals surface area contributed by atoms with E-state index in [1.54, 1.807) is 12.1 Å². The summed E-state index contributed by atoms with van der Waals surface area (Å²) in [6, 6.07) is 13.4. The molecular formula is C18H14ClFN2OS. The number of carbonyl (C=O) groups is 1. The fraction of sp³-hybridized carbons (Fsp3) is 0.111. The number of nitrogens with one attached hydrogen (secondary N) is 1. The number of nitrogens with zero attached hydrogens (tertiary/aromatic N) is 1. The molecule has 0 spiro atoms. The third kappa shape index (κ3) is 3.47. The van der Waals surface area contributed by atoms with Gasteiger partial charge in [-0.05, 0) is 25.1 Å². The van der Waals surface area contributed by atoms with E-state index in [2.05, 4.69) is 10.3 Å². The molecule has 0 atom stereocenters. The minimum atomic E-state index is -0.534. The molecule has 0 aliphatic rings. The van der Waals surface area contributed by atoms with Crippen LogP contribution in [0.4, 0.5) is 4.39 Å². The fourth-order valence-electron chi connectivity index (χ4n) is 2.24. The van der Waals surface area contributed by atoms with Crippen molar-refractivity contribution >= 4 is 28.8 Å². The van der Waals surface area contributed by atoms with Crippen molar-refractivity contribution in [2.24, 2.45) is 0 Å². The van der Waals surface area contributed by atoms with Crippen molar-refractivity contribution < 1.29 is 9.18 Å².